The molecule has 66 valence electrons. The number of halogens is 2. The molecule has 0 saturated carbocycles. The number of hydrogen-bond donors (Lipinski definition) is 1. The minimum Gasteiger partial charge on any atom is -0.508 e. The molecule has 1 rings (SSSR count). The molecule has 0 radical (unpaired) electrons. The van der Waals surface area contributed by atoms with Crippen LogP contribution in [-0.2, 0) is 6.42 Å². The number of phenols is 1. The van der Waals surface area contributed by atoms with Crippen molar-refractivity contribution in [3.8, 4) is 5.75 Å². The van der Waals surface area contributed by atoms with E-state index in [2.05, 4.69) is 0 Å². The summed E-state index contributed by atoms with van der Waals surface area (Å²) < 4.78 is 0. The van der Waals surface area contributed by atoms with E-state index in [1.165, 1.54) is 6.07 Å². The van der Waals surface area contributed by atoms with Gasteiger partial charge in [0.2, 0.25) is 0 Å². The Morgan fingerprint density at radius 2 is 2.00 bits per heavy atom. The molecular weight excluding hydrogens is 195 g/mol. The van der Waals surface area contributed by atoms with Crippen LogP contribution in [0, 0.1) is 0 Å². The molecule has 1 N–H and O–H groups in total. The molecule has 0 amide bonds. The molecular formula is C9H10Cl2O. The lowest BCUT2D eigenvalue weighted by atomic mass is 10.1. The normalized spacial score (nSPS) is 10.2. The quantitative estimate of drug-likeness (QED) is 0.781. The summed E-state index contributed by atoms with van der Waals surface area (Å²) in [4.78, 5) is 0. The first kappa shape index (κ1) is 9.69. The highest BCUT2D eigenvalue weighted by molar-refractivity contribution is 6.35. The van der Waals surface area contributed by atoms with Gasteiger partial charge in [0.05, 0.1) is 0 Å². The average Bonchev–Trinajstić information content (AvgIpc) is 1.96. The van der Waals surface area contributed by atoms with Crippen molar-refractivity contribution in [1.82, 2.24) is 0 Å². The van der Waals surface area contributed by atoms with Gasteiger partial charge in [0, 0.05) is 15.6 Å². The molecule has 0 aliphatic carbocycles. The lowest BCUT2D eigenvalue weighted by Crippen LogP contribution is -1.86. The summed E-state index contributed by atoms with van der Waals surface area (Å²) in [7, 11) is 0. The van der Waals surface area contributed by atoms with Crippen LogP contribution in [0.4, 0.5) is 0 Å². The maximum Gasteiger partial charge on any atom is 0.121 e. The Bertz CT molecular complexity index is 261. The maximum absolute atomic E-state index is 9.43. The first-order valence-corrected chi connectivity index (χ1v) is 4.57. The van der Waals surface area contributed by atoms with Crippen LogP contribution in [-0.4, -0.2) is 5.11 Å². The van der Waals surface area contributed by atoms with Gasteiger partial charge >= 0.3 is 0 Å². The van der Waals surface area contributed by atoms with Gasteiger partial charge in [-0.3, -0.25) is 0 Å². The first-order valence-electron chi connectivity index (χ1n) is 3.82. The van der Waals surface area contributed by atoms with E-state index >= 15 is 0 Å². The van der Waals surface area contributed by atoms with Crippen molar-refractivity contribution in [2.45, 2.75) is 19.8 Å². The second-order valence-electron chi connectivity index (χ2n) is 2.64. The van der Waals surface area contributed by atoms with E-state index in [1.807, 2.05) is 6.92 Å². The second-order valence-corrected chi connectivity index (χ2v) is 3.48. The summed E-state index contributed by atoms with van der Waals surface area (Å²) in [6, 6.07) is 3.16. The average molecular weight is 205 g/mol. The Balaban J connectivity index is 3.10. The van der Waals surface area contributed by atoms with Crippen LogP contribution in [0.25, 0.3) is 0 Å². The highest BCUT2D eigenvalue weighted by atomic mass is 35.5. The van der Waals surface area contributed by atoms with Gasteiger partial charge in [0.15, 0.2) is 0 Å². The molecule has 0 unspecified atom stereocenters. The lowest BCUT2D eigenvalue weighted by Gasteiger charge is -2.05. The van der Waals surface area contributed by atoms with Gasteiger partial charge in [-0.05, 0) is 18.6 Å². The number of phenolic OH excluding ortho intramolecular Hbond substituents is 1. The largest absolute Gasteiger partial charge is 0.508 e. The van der Waals surface area contributed by atoms with Crippen LogP contribution in [0.3, 0.4) is 0 Å². The molecule has 0 heterocycles. The van der Waals surface area contributed by atoms with E-state index in [1.54, 1.807) is 6.07 Å². The fraction of sp³-hybridized carbons (Fsp3) is 0.333. The molecule has 0 spiro atoms. The van der Waals surface area contributed by atoms with Crippen LogP contribution >= 0.6 is 23.2 Å². The minimum absolute atomic E-state index is 0.189. The number of hydrogen-bond acceptors (Lipinski definition) is 1. The zero-order valence-electron chi connectivity index (χ0n) is 6.77. The van der Waals surface area contributed by atoms with Gasteiger partial charge in [-0.1, -0.05) is 36.5 Å². The van der Waals surface area contributed by atoms with Crippen molar-refractivity contribution < 1.29 is 5.11 Å². The van der Waals surface area contributed by atoms with Crippen molar-refractivity contribution in [2.75, 3.05) is 0 Å². The van der Waals surface area contributed by atoms with E-state index in [9.17, 15) is 5.11 Å². The summed E-state index contributed by atoms with van der Waals surface area (Å²) in [6.45, 7) is 2.03. The summed E-state index contributed by atoms with van der Waals surface area (Å²) >= 11 is 11.5. The monoisotopic (exact) mass is 204 g/mol. The van der Waals surface area contributed by atoms with Gasteiger partial charge in [-0.25, -0.2) is 0 Å². The van der Waals surface area contributed by atoms with Crippen LogP contribution in [0.2, 0.25) is 10.0 Å². The van der Waals surface area contributed by atoms with E-state index in [0.29, 0.717) is 10.0 Å². The van der Waals surface area contributed by atoms with Crippen molar-refractivity contribution in [2.24, 2.45) is 0 Å². The summed E-state index contributed by atoms with van der Waals surface area (Å²) in [5, 5.41) is 10.4. The summed E-state index contributed by atoms with van der Waals surface area (Å²) in [6.07, 6.45) is 1.73. The van der Waals surface area contributed by atoms with Crippen molar-refractivity contribution in [1.29, 1.82) is 0 Å². The molecule has 1 aromatic rings. The third-order valence-electron chi connectivity index (χ3n) is 1.64. The van der Waals surface area contributed by atoms with E-state index in [-0.39, 0.29) is 5.75 Å². The highest BCUT2D eigenvalue weighted by Crippen LogP contribution is 2.30. The van der Waals surface area contributed by atoms with Crippen molar-refractivity contribution >= 4 is 23.2 Å². The SMILES string of the molecule is CCCc1c(O)cc(Cl)cc1Cl. The van der Waals surface area contributed by atoms with Gasteiger partial charge in [0.1, 0.15) is 5.75 Å². The molecule has 0 bridgehead atoms. The van der Waals surface area contributed by atoms with E-state index in [4.69, 9.17) is 23.2 Å². The molecule has 0 aromatic heterocycles. The predicted octanol–water partition coefficient (Wildman–Crippen LogP) is 3.65. The smallest absolute Gasteiger partial charge is 0.121 e. The van der Waals surface area contributed by atoms with E-state index in [0.717, 1.165) is 18.4 Å². The van der Waals surface area contributed by atoms with Gasteiger partial charge in [-0.15, -0.1) is 0 Å². The molecule has 0 aliphatic rings. The van der Waals surface area contributed by atoms with E-state index < -0.39 is 0 Å². The topological polar surface area (TPSA) is 20.2 Å². The molecule has 1 nitrogen and oxygen atoms in total. The van der Waals surface area contributed by atoms with Gasteiger partial charge in [0.25, 0.3) is 0 Å². The number of aromatic hydroxyl groups is 1. The Morgan fingerprint density at radius 1 is 1.33 bits per heavy atom. The Kier molecular flexibility index (Phi) is 3.24. The summed E-state index contributed by atoms with van der Waals surface area (Å²) in [5.41, 5.74) is 0.781. The Hall–Kier alpha value is -0.400. The highest BCUT2D eigenvalue weighted by Gasteiger charge is 2.06. The Labute approximate surface area is 81.9 Å². The molecule has 12 heavy (non-hydrogen) atoms. The predicted molar refractivity (Wildman–Crippen MR) is 52.1 cm³/mol. The van der Waals surface area contributed by atoms with Crippen LogP contribution in [0.1, 0.15) is 18.9 Å². The first-order chi connectivity index (χ1) is 5.65. The molecule has 3 heteroatoms. The zero-order valence-corrected chi connectivity index (χ0v) is 8.28. The third-order valence-corrected chi connectivity index (χ3v) is 2.19. The van der Waals surface area contributed by atoms with Crippen LogP contribution in [0.15, 0.2) is 12.1 Å². The van der Waals surface area contributed by atoms with Gasteiger partial charge in [-0.2, -0.15) is 0 Å². The third kappa shape index (κ3) is 2.05. The minimum atomic E-state index is 0.189. The fourth-order valence-electron chi connectivity index (χ4n) is 1.09. The van der Waals surface area contributed by atoms with Gasteiger partial charge < -0.3 is 5.11 Å². The number of rotatable bonds is 2. The molecule has 1 aromatic carbocycles. The maximum atomic E-state index is 9.43. The fourth-order valence-corrected chi connectivity index (χ4v) is 1.66. The molecule has 0 saturated heterocycles. The van der Waals surface area contributed by atoms with Crippen molar-refractivity contribution in [3.63, 3.8) is 0 Å². The van der Waals surface area contributed by atoms with Crippen molar-refractivity contribution in [3.05, 3.63) is 27.7 Å². The van der Waals surface area contributed by atoms with Crippen LogP contribution < -0.4 is 0 Å². The molecule has 0 atom stereocenters. The molecule has 0 fully saturated rings. The standard InChI is InChI=1S/C9H10Cl2O/c1-2-3-7-8(11)4-6(10)5-9(7)12/h4-5,12H,2-3H2,1H3. The lowest BCUT2D eigenvalue weighted by molar-refractivity contribution is 0.468. The number of benzene rings is 1. The molecule has 0 aliphatic heterocycles. The van der Waals surface area contributed by atoms with Crippen LogP contribution in [0.5, 0.6) is 5.75 Å². The zero-order chi connectivity index (χ0) is 9.14. The Morgan fingerprint density at radius 3 is 2.50 bits per heavy atom. The summed E-state index contributed by atoms with van der Waals surface area (Å²) in [5.74, 6) is 0.189. The second kappa shape index (κ2) is 4.01.